The summed E-state index contributed by atoms with van der Waals surface area (Å²) >= 11 is 0. The third-order valence-corrected chi connectivity index (χ3v) is 6.20. The van der Waals surface area contributed by atoms with Gasteiger partial charge in [0.05, 0.1) is 29.1 Å². The van der Waals surface area contributed by atoms with Crippen molar-refractivity contribution >= 4 is 22.9 Å². The van der Waals surface area contributed by atoms with E-state index >= 15 is 0 Å². The van der Waals surface area contributed by atoms with Crippen LogP contribution in [0, 0.1) is 0 Å². The van der Waals surface area contributed by atoms with Crippen molar-refractivity contribution in [1.82, 2.24) is 29.6 Å². The van der Waals surface area contributed by atoms with E-state index in [1.807, 2.05) is 53.4 Å². The smallest absolute Gasteiger partial charge is 0.254 e. The molecular weight excluding hydrogens is 442 g/mol. The molecule has 0 spiro atoms. The first-order chi connectivity index (χ1) is 17.3. The van der Waals surface area contributed by atoms with Crippen molar-refractivity contribution in [1.29, 1.82) is 0 Å². The second kappa shape index (κ2) is 9.02. The van der Waals surface area contributed by atoms with Crippen LogP contribution in [0.3, 0.4) is 0 Å². The summed E-state index contributed by atoms with van der Waals surface area (Å²) < 4.78 is 7.29. The number of amides is 1. The van der Waals surface area contributed by atoms with Crippen LogP contribution >= 0.6 is 0 Å². The molecule has 0 radical (unpaired) electrons. The summed E-state index contributed by atoms with van der Waals surface area (Å²) in [7, 11) is 0. The van der Waals surface area contributed by atoms with Crippen molar-refractivity contribution in [2.45, 2.75) is 6.54 Å². The fourth-order valence-corrected chi connectivity index (χ4v) is 4.38. The minimum Gasteiger partial charge on any atom is -0.467 e. The van der Waals surface area contributed by atoms with Gasteiger partial charge in [-0.3, -0.25) is 4.79 Å². The van der Waals surface area contributed by atoms with Crippen molar-refractivity contribution in [2.75, 3.05) is 31.1 Å². The first-order valence-corrected chi connectivity index (χ1v) is 11.5. The van der Waals surface area contributed by atoms with Gasteiger partial charge in [-0.05, 0) is 24.3 Å². The van der Waals surface area contributed by atoms with Gasteiger partial charge in [-0.1, -0.05) is 30.3 Å². The van der Waals surface area contributed by atoms with Gasteiger partial charge in [-0.2, -0.15) is 5.10 Å². The first kappa shape index (κ1) is 21.0. The summed E-state index contributed by atoms with van der Waals surface area (Å²) in [6.45, 7) is 2.95. The van der Waals surface area contributed by atoms with Gasteiger partial charge in [0.1, 0.15) is 12.3 Å². The molecule has 0 unspecified atom stereocenters. The van der Waals surface area contributed by atoms with Crippen LogP contribution in [-0.2, 0) is 6.54 Å². The lowest BCUT2D eigenvalue weighted by molar-refractivity contribution is 0.0748. The molecule has 0 N–H and O–H groups in total. The highest BCUT2D eigenvalue weighted by atomic mass is 16.3. The monoisotopic (exact) mass is 465 g/mol. The Hall–Kier alpha value is -4.53. The number of carbonyl (C=O) groups is 1. The molecule has 9 nitrogen and oxygen atoms in total. The Morgan fingerprint density at radius 1 is 0.943 bits per heavy atom. The number of hydrogen-bond acceptors (Lipinski definition) is 7. The number of pyridine rings is 1. The molecule has 5 aromatic rings. The van der Waals surface area contributed by atoms with E-state index in [1.54, 1.807) is 35.6 Å². The number of rotatable bonds is 5. The minimum absolute atomic E-state index is 0.0271. The maximum atomic E-state index is 13.8. The standard InChI is InChI=1S/C26H23N7O2/c34-25(31-11-13-32(14-12-31)26-27-9-5-10-28-26)21-16-23(19-6-2-1-3-7-19)30-24-22(21)17-29-33(24)18-20-8-4-15-35-20/h1-10,15-17H,11-14,18H2. The molecule has 6 rings (SSSR count). The van der Waals surface area contributed by atoms with E-state index < -0.39 is 0 Å². The van der Waals surface area contributed by atoms with Gasteiger partial charge in [-0.25, -0.2) is 19.6 Å². The van der Waals surface area contributed by atoms with Gasteiger partial charge in [0.15, 0.2) is 5.65 Å². The van der Waals surface area contributed by atoms with Gasteiger partial charge in [0, 0.05) is 44.1 Å². The molecule has 0 bridgehead atoms. The van der Waals surface area contributed by atoms with Gasteiger partial charge in [-0.15, -0.1) is 0 Å². The molecule has 35 heavy (non-hydrogen) atoms. The number of anilines is 1. The van der Waals surface area contributed by atoms with E-state index in [-0.39, 0.29) is 5.91 Å². The van der Waals surface area contributed by atoms with Crippen LogP contribution in [0.4, 0.5) is 5.95 Å². The first-order valence-electron chi connectivity index (χ1n) is 11.5. The highest BCUT2D eigenvalue weighted by Crippen LogP contribution is 2.27. The molecule has 1 aliphatic heterocycles. The van der Waals surface area contributed by atoms with Crippen LogP contribution in [-0.4, -0.2) is 61.7 Å². The highest BCUT2D eigenvalue weighted by molar-refractivity contribution is 6.06. The van der Waals surface area contributed by atoms with Crippen LogP contribution in [0.5, 0.6) is 0 Å². The maximum Gasteiger partial charge on any atom is 0.254 e. The Morgan fingerprint density at radius 3 is 2.49 bits per heavy atom. The lowest BCUT2D eigenvalue weighted by atomic mass is 10.1. The third-order valence-electron chi connectivity index (χ3n) is 6.20. The van der Waals surface area contributed by atoms with Crippen molar-refractivity contribution in [3.8, 4) is 11.3 Å². The Labute approximate surface area is 201 Å². The predicted octanol–water partition coefficient (Wildman–Crippen LogP) is 3.49. The molecule has 1 aromatic carbocycles. The Morgan fingerprint density at radius 2 is 1.74 bits per heavy atom. The minimum atomic E-state index is -0.0271. The van der Waals surface area contributed by atoms with Gasteiger partial charge >= 0.3 is 0 Å². The number of piperazine rings is 1. The van der Waals surface area contributed by atoms with E-state index in [2.05, 4.69) is 20.0 Å². The quantitative estimate of drug-likeness (QED) is 0.392. The number of aromatic nitrogens is 5. The SMILES string of the molecule is O=C(c1cc(-c2ccccc2)nc2c1cnn2Cc1ccco1)N1CCN(c2ncccn2)CC1. The van der Waals surface area contributed by atoms with E-state index in [0.29, 0.717) is 49.9 Å². The van der Waals surface area contributed by atoms with Crippen molar-refractivity contribution in [3.63, 3.8) is 0 Å². The Kier molecular flexibility index (Phi) is 5.42. The van der Waals surface area contributed by atoms with Gasteiger partial charge < -0.3 is 14.2 Å². The number of hydrogen-bond donors (Lipinski definition) is 0. The van der Waals surface area contributed by atoms with Crippen LogP contribution in [0.25, 0.3) is 22.3 Å². The zero-order valence-electron chi connectivity index (χ0n) is 19.0. The lowest BCUT2D eigenvalue weighted by Gasteiger charge is -2.34. The summed E-state index contributed by atoms with van der Waals surface area (Å²) in [5.74, 6) is 1.44. The maximum absolute atomic E-state index is 13.8. The van der Waals surface area contributed by atoms with Crippen LogP contribution in [0.2, 0.25) is 0 Å². The van der Waals surface area contributed by atoms with Crippen LogP contribution in [0.1, 0.15) is 16.1 Å². The zero-order valence-corrected chi connectivity index (χ0v) is 19.0. The average Bonchev–Trinajstić information content (AvgIpc) is 3.59. The molecule has 5 heterocycles. The molecule has 0 aliphatic carbocycles. The summed E-state index contributed by atoms with van der Waals surface area (Å²) in [6, 6.07) is 17.3. The second-order valence-corrected chi connectivity index (χ2v) is 8.37. The number of furan rings is 1. The lowest BCUT2D eigenvalue weighted by Crippen LogP contribution is -2.49. The molecule has 0 atom stereocenters. The fourth-order valence-electron chi connectivity index (χ4n) is 4.38. The molecule has 9 heteroatoms. The molecule has 1 saturated heterocycles. The molecule has 1 amide bonds. The van der Waals surface area contributed by atoms with E-state index in [4.69, 9.17) is 9.40 Å². The normalized spacial score (nSPS) is 13.9. The number of carbonyl (C=O) groups excluding carboxylic acids is 1. The number of nitrogens with zero attached hydrogens (tertiary/aromatic N) is 7. The third kappa shape index (κ3) is 4.12. The second-order valence-electron chi connectivity index (χ2n) is 8.37. The van der Waals surface area contributed by atoms with Crippen LogP contribution in [0.15, 0.2) is 83.9 Å². The topological polar surface area (TPSA) is 93.2 Å². The molecular formula is C26H23N7O2. The summed E-state index contributed by atoms with van der Waals surface area (Å²) in [4.78, 5) is 31.3. The molecule has 1 fully saturated rings. The van der Waals surface area contributed by atoms with Crippen molar-refractivity contribution in [2.24, 2.45) is 0 Å². The van der Waals surface area contributed by atoms with Crippen LogP contribution < -0.4 is 4.90 Å². The van der Waals surface area contributed by atoms with Crippen molar-refractivity contribution in [3.05, 3.63) is 90.8 Å². The largest absolute Gasteiger partial charge is 0.467 e. The molecule has 174 valence electrons. The molecule has 0 saturated carbocycles. The van der Waals surface area contributed by atoms with Gasteiger partial charge in [0.2, 0.25) is 5.95 Å². The number of fused-ring (bicyclic) bond motifs is 1. The fraction of sp³-hybridized carbons (Fsp3) is 0.192. The summed E-state index contributed by atoms with van der Waals surface area (Å²) in [6.07, 6.45) is 6.83. The summed E-state index contributed by atoms with van der Waals surface area (Å²) in [5.41, 5.74) is 2.94. The van der Waals surface area contributed by atoms with E-state index in [1.165, 1.54) is 0 Å². The van der Waals surface area contributed by atoms with E-state index in [0.717, 1.165) is 22.4 Å². The zero-order chi connectivity index (χ0) is 23.6. The number of benzene rings is 1. The summed E-state index contributed by atoms with van der Waals surface area (Å²) in [5, 5.41) is 5.28. The average molecular weight is 466 g/mol. The van der Waals surface area contributed by atoms with Gasteiger partial charge in [0.25, 0.3) is 5.91 Å². The van der Waals surface area contributed by atoms with E-state index in [9.17, 15) is 4.79 Å². The molecule has 4 aromatic heterocycles. The predicted molar refractivity (Wildman–Crippen MR) is 131 cm³/mol. The Bertz CT molecular complexity index is 1440. The highest BCUT2D eigenvalue weighted by Gasteiger charge is 2.26. The van der Waals surface area contributed by atoms with Crippen molar-refractivity contribution < 1.29 is 9.21 Å². The molecule has 1 aliphatic rings. The Balaban J connectivity index is 1.34.